The van der Waals surface area contributed by atoms with Gasteiger partial charge in [-0.05, 0) is 45.0 Å². The second-order valence-corrected chi connectivity index (χ2v) is 7.70. The van der Waals surface area contributed by atoms with Crippen LogP contribution < -0.4 is 10.0 Å². The molecule has 0 aromatic heterocycles. The maximum absolute atomic E-state index is 11.8. The lowest BCUT2D eigenvalue weighted by Crippen LogP contribution is -2.19. The molecule has 0 heterocycles. The standard InChI is InChI=1S/C17H21N3O4S/c1-12-8-13(2)10-14(9-12)6-7-19-16-5-4-15(25(23,24)18-3)11-17(16)20(21)22/h4-5,8-11,18-19H,6-7H2,1-3H3. The number of sulfonamides is 1. The lowest BCUT2D eigenvalue weighted by Gasteiger charge is -2.10. The predicted octanol–water partition coefficient (Wildman–Crippen LogP) is 2.77. The normalized spacial score (nSPS) is 11.3. The fourth-order valence-electron chi connectivity index (χ4n) is 2.65. The van der Waals surface area contributed by atoms with Gasteiger partial charge in [-0.3, -0.25) is 10.1 Å². The van der Waals surface area contributed by atoms with Crippen molar-refractivity contribution in [2.45, 2.75) is 25.2 Å². The van der Waals surface area contributed by atoms with Gasteiger partial charge in [0, 0.05) is 12.6 Å². The minimum absolute atomic E-state index is 0.137. The molecule has 134 valence electrons. The van der Waals surface area contributed by atoms with Crippen molar-refractivity contribution in [2.75, 3.05) is 18.9 Å². The molecule has 2 aromatic rings. The second kappa shape index (κ2) is 7.62. The molecule has 0 radical (unpaired) electrons. The van der Waals surface area contributed by atoms with Gasteiger partial charge in [-0.2, -0.15) is 0 Å². The summed E-state index contributed by atoms with van der Waals surface area (Å²) in [5.41, 5.74) is 3.51. The topological polar surface area (TPSA) is 101 Å². The molecular weight excluding hydrogens is 342 g/mol. The number of nitrogens with zero attached hydrogens (tertiary/aromatic N) is 1. The van der Waals surface area contributed by atoms with Gasteiger partial charge in [-0.15, -0.1) is 0 Å². The Balaban J connectivity index is 2.17. The van der Waals surface area contributed by atoms with E-state index < -0.39 is 14.9 Å². The zero-order chi connectivity index (χ0) is 18.6. The fourth-order valence-corrected chi connectivity index (χ4v) is 3.40. The number of anilines is 1. The number of nitro groups is 1. The highest BCUT2D eigenvalue weighted by atomic mass is 32.2. The molecule has 0 saturated heterocycles. The van der Waals surface area contributed by atoms with Crippen molar-refractivity contribution in [3.63, 3.8) is 0 Å². The highest BCUT2D eigenvalue weighted by molar-refractivity contribution is 7.89. The third-order valence-corrected chi connectivity index (χ3v) is 5.17. The summed E-state index contributed by atoms with van der Waals surface area (Å²) >= 11 is 0. The lowest BCUT2D eigenvalue weighted by molar-refractivity contribution is -0.384. The molecule has 0 saturated carbocycles. The molecule has 25 heavy (non-hydrogen) atoms. The number of benzene rings is 2. The van der Waals surface area contributed by atoms with Crippen LogP contribution in [0.1, 0.15) is 16.7 Å². The van der Waals surface area contributed by atoms with E-state index in [1.807, 2.05) is 13.8 Å². The van der Waals surface area contributed by atoms with Crippen LogP contribution in [0.15, 0.2) is 41.3 Å². The molecule has 7 nitrogen and oxygen atoms in total. The maximum Gasteiger partial charge on any atom is 0.293 e. The molecule has 2 N–H and O–H groups in total. The number of aryl methyl sites for hydroxylation is 2. The Morgan fingerprint density at radius 1 is 1.08 bits per heavy atom. The Hall–Kier alpha value is -2.45. The fraction of sp³-hybridized carbons (Fsp3) is 0.294. The van der Waals surface area contributed by atoms with Gasteiger partial charge in [-0.25, -0.2) is 13.1 Å². The molecule has 0 aliphatic carbocycles. The van der Waals surface area contributed by atoms with Gasteiger partial charge in [0.25, 0.3) is 5.69 Å². The first-order valence-corrected chi connectivity index (χ1v) is 9.24. The van der Waals surface area contributed by atoms with E-state index in [9.17, 15) is 18.5 Å². The van der Waals surface area contributed by atoms with Crippen molar-refractivity contribution < 1.29 is 13.3 Å². The van der Waals surface area contributed by atoms with Crippen molar-refractivity contribution in [1.29, 1.82) is 0 Å². The average Bonchev–Trinajstić information content (AvgIpc) is 2.53. The third-order valence-electron chi connectivity index (χ3n) is 3.76. The Labute approximate surface area is 147 Å². The molecule has 8 heteroatoms. The summed E-state index contributed by atoms with van der Waals surface area (Å²) in [6.45, 7) is 4.55. The van der Waals surface area contributed by atoms with Crippen LogP contribution in [0.25, 0.3) is 0 Å². The van der Waals surface area contributed by atoms with Crippen molar-refractivity contribution >= 4 is 21.4 Å². The molecule has 0 aliphatic heterocycles. The van der Waals surface area contributed by atoms with Crippen LogP contribution in [-0.2, 0) is 16.4 Å². The monoisotopic (exact) mass is 363 g/mol. The first-order chi connectivity index (χ1) is 11.7. The highest BCUT2D eigenvalue weighted by Crippen LogP contribution is 2.27. The van der Waals surface area contributed by atoms with Crippen LogP contribution in [0.2, 0.25) is 0 Å². The lowest BCUT2D eigenvalue weighted by atomic mass is 10.1. The van der Waals surface area contributed by atoms with Gasteiger partial charge in [0.1, 0.15) is 5.69 Å². The van der Waals surface area contributed by atoms with Gasteiger partial charge >= 0.3 is 0 Å². The van der Waals surface area contributed by atoms with Gasteiger partial charge in [-0.1, -0.05) is 29.3 Å². The highest BCUT2D eigenvalue weighted by Gasteiger charge is 2.20. The molecule has 0 spiro atoms. The number of hydrogen-bond donors (Lipinski definition) is 2. The van der Waals surface area contributed by atoms with E-state index in [0.29, 0.717) is 18.7 Å². The summed E-state index contributed by atoms with van der Waals surface area (Å²) < 4.78 is 25.7. The molecule has 0 fully saturated rings. The molecule has 2 aromatic carbocycles. The van der Waals surface area contributed by atoms with Crippen LogP contribution in [0.5, 0.6) is 0 Å². The summed E-state index contributed by atoms with van der Waals surface area (Å²) in [6, 6.07) is 10.1. The van der Waals surface area contributed by atoms with Crippen molar-refractivity contribution in [3.8, 4) is 0 Å². The van der Waals surface area contributed by atoms with E-state index in [-0.39, 0.29) is 10.6 Å². The van der Waals surface area contributed by atoms with E-state index in [4.69, 9.17) is 0 Å². The molecule has 0 unspecified atom stereocenters. The molecule has 0 amide bonds. The smallest absolute Gasteiger partial charge is 0.293 e. The summed E-state index contributed by atoms with van der Waals surface area (Å²) in [5, 5.41) is 14.3. The van der Waals surface area contributed by atoms with E-state index in [0.717, 1.165) is 11.6 Å². The van der Waals surface area contributed by atoms with E-state index in [2.05, 4.69) is 28.2 Å². The van der Waals surface area contributed by atoms with Crippen LogP contribution >= 0.6 is 0 Å². The minimum Gasteiger partial charge on any atom is -0.379 e. The first kappa shape index (κ1) is 18.9. The summed E-state index contributed by atoms with van der Waals surface area (Å²) in [5.74, 6) is 0. The van der Waals surface area contributed by atoms with Crippen LogP contribution in [0.4, 0.5) is 11.4 Å². The molecule has 0 aliphatic rings. The number of hydrogen-bond acceptors (Lipinski definition) is 5. The Kier molecular flexibility index (Phi) is 5.76. The average molecular weight is 363 g/mol. The SMILES string of the molecule is CNS(=O)(=O)c1ccc(NCCc2cc(C)cc(C)c2)c([N+](=O)[O-])c1. The Bertz CT molecular complexity index is 875. The van der Waals surface area contributed by atoms with Crippen molar-refractivity contribution in [3.05, 3.63) is 63.2 Å². The van der Waals surface area contributed by atoms with Gasteiger partial charge < -0.3 is 5.32 Å². The summed E-state index contributed by atoms with van der Waals surface area (Å²) in [7, 11) is -2.47. The minimum atomic E-state index is -3.73. The van der Waals surface area contributed by atoms with E-state index >= 15 is 0 Å². The van der Waals surface area contributed by atoms with Crippen LogP contribution in [0.3, 0.4) is 0 Å². The zero-order valence-corrected chi connectivity index (χ0v) is 15.2. The Morgan fingerprint density at radius 3 is 2.28 bits per heavy atom. The molecule has 0 atom stereocenters. The van der Waals surface area contributed by atoms with Crippen molar-refractivity contribution in [1.82, 2.24) is 4.72 Å². The Morgan fingerprint density at radius 2 is 1.72 bits per heavy atom. The number of rotatable bonds is 7. The van der Waals surface area contributed by atoms with Crippen LogP contribution in [-0.4, -0.2) is 26.9 Å². The molecule has 0 bridgehead atoms. The molecule has 2 rings (SSSR count). The largest absolute Gasteiger partial charge is 0.379 e. The van der Waals surface area contributed by atoms with Crippen molar-refractivity contribution in [2.24, 2.45) is 0 Å². The summed E-state index contributed by atoms with van der Waals surface area (Å²) in [4.78, 5) is 10.5. The number of nitro benzene ring substituents is 1. The van der Waals surface area contributed by atoms with Crippen LogP contribution in [0, 0.1) is 24.0 Å². The maximum atomic E-state index is 11.8. The second-order valence-electron chi connectivity index (χ2n) is 5.82. The number of nitrogens with one attached hydrogen (secondary N) is 2. The first-order valence-electron chi connectivity index (χ1n) is 7.76. The van der Waals surface area contributed by atoms with E-state index in [1.165, 1.54) is 30.3 Å². The van der Waals surface area contributed by atoms with Gasteiger partial charge in [0.15, 0.2) is 0 Å². The van der Waals surface area contributed by atoms with E-state index in [1.54, 1.807) is 0 Å². The quantitative estimate of drug-likeness (QED) is 0.582. The molecular formula is C17H21N3O4S. The third kappa shape index (κ3) is 4.77. The van der Waals surface area contributed by atoms with Gasteiger partial charge in [0.2, 0.25) is 10.0 Å². The van der Waals surface area contributed by atoms with Gasteiger partial charge in [0.05, 0.1) is 9.82 Å². The zero-order valence-electron chi connectivity index (χ0n) is 14.4. The predicted molar refractivity (Wildman–Crippen MR) is 97.5 cm³/mol. The summed E-state index contributed by atoms with van der Waals surface area (Å²) in [6.07, 6.45) is 0.705.